The minimum absolute atomic E-state index is 0.0873. The van der Waals surface area contributed by atoms with Gasteiger partial charge in [-0.15, -0.1) is 0 Å². The van der Waals surface area contributed by atoms with Crippen LogP contribution in [0.4, 0.5) is 5.69 Å². The van der Waals surface area contributed by atoms with Crippen molar-refractivity contribution in [3.05, 3.63) is 65.7 Å². The third-order valence-corrected chi connectivity index (χ3v) is 3.39. The summed E-state index contributed by atoms with van der Waals surface area (Å²) in [4.78, 5) is 23.2. The highest BCUT2D eigenvalue weighted by Gasteiger charge is 2.11. The van der Waals surface area contributed by atoms with Gasteiger partial charge < -0.3 is 5.32 Å². The van der Waals surface area contributed by atoms with Crippen molar-refractivity contribution in [2.75, 3.05) is 5.32 Å². The van der Waals surface area contributed by atoms with Crippen molar-refractivity contribution in [2.24, 2.45) is 0 Å². The van der Waals surface area contributed by atoms with Crippen LogP contribution in [0, 0.1) is 0 Å². The van der Waals surface area contributed by atoms with Crippen molar-refractivity contribution in [2.45, 2.75) is 19.3 Å². The molecule has 0 aliphatic rings. The highest BCUT2D eigenvalue weighted by atomic mass is 16.5. The molecular weight excluding hydrogens is 280 g/mol. The first-order valence-corrected chi connectivity index (χ1v) is 6.99. The zero-order valence-electron chi connectivity index (χ0n) is 12.2. The van der Waals surface area contributed by atoms with Gasteiger partial charge in [0, 0.05) is 17.7 Å². The SMILES string of the molecule is CC(CC(=O)Nc1ccc(C(=O)NO)cc1)c1ccccc1. The third-order valence-electron chi connectivity index (χ3n) is 3.39. The molecular formula is C17H18N2O3. The molecule has 0 spiro atoms. The second-order valence-corrected chi connectivity index (χ2v) is 5.08. The molecule has 114 valence electrons. The van der Waals surface area contributed by atoms with Crippen LogP contribution in [0.5, 0.6) is 0 Å². The number of nitrogens with one attached hydrogen (secondary N) is 2. The molecule has 0 aliphatic heterocycles. The predicted octanol–water partition coefficient (Wildman–Crippen LogP) is 2.94. The lowest BCUT2D eigenvalue weighted by Crippen LogP contribution is -2.18. The standard InChI is InChI=1S/C17H18N2O3/c1-12(13-5-3-2-4-6-13)11-16(20)18-15-9-7-14(8-10-15)17(21)19-22/h2-10,12,22H,11H2,1H3,(H,18,20)(H,19,21). The smallest absolute Gasteiger partial charge is 0.274 e. The van der Waals surface area contributed by atoms with E-state index in [1.807, 2.05) is 37.3 Å². The third kappa shape index (κ3) is 4.17. The molecule has 0 radical (unpaired) electrons. The van der Waals surface area contributed by atoms with Crippen LogP contribution in [-0.2, 0) is 4.79 Å². The molecule has 0 aromatic heterocycles. The molecule has 0 saturated heterocycles. The summed E-state index contributed by atoms with van der Waals surface area (Å²) in [7, 11) is 0. The van der Waals surface area contributed by atoms with E-state index in [4.69, 9.17) is 5.21 Å². The number of carbonyl (C=O) groups is 2. The summed E-state index contributed by atoms with van der Waals surface area (Å²) in [6.45, 7) is 2.00. The fourth-order valence-electron chi connectivity index (χ4n) is 2.16. The molecule has 0 bridgehead atoms. The second kappa shape index (κ2) is 7.38. The molecule has 22 heavy (non-hydrogen) atoms. The molecule has 0 fully saturated rings. The minimum Gasteiger partial charge on any atom is -0.326 e. The molecule has 5 heteroatoms. The molecule has 0 heterocycles. The maximum atomic E-state index is 12.0. The Labute approximate surface area is 128 Å². The Morgan fingerprint density at radius 3 is 2.27 bits per heavy atom. The normalized spacial score (nSPS) is 11.5. The fourth-order valence-corrected chi connectivity index (χ4v) is 2.16. The first-order valence-electron chi connectivity index (χ1n) is 6.99. The fraction of sp³-hybridized carbons (Fsp3) is 0.176. The Kier molecular flexibility index (Phi) is 5.27. The van der Waals surface area contributed by atoms with E-state index in [2.05, 4.69) is 5.32 Å². The topological polar surface area (TPSA) is 78.4 Å². The van der Waals surface area contributed by atoms with Gasteiger partial charge >= 0.3 is 0 Å². The summed E-state index contributed by atoms with van der Waals surface area (Å²) in [6.07, 6.45) is 0.378. The summed E-state index contributed by atoms with van der Waals surface area (Å²) in [6, 6.07) is 16.2. The Balaban J connectivity index is 1.93. The van der Waals surface area contributed by atoms with E-state index in [-0.39, 0.29) is 11.8 Å². The van der Waals surface area contributed by atoms with Crippen LogP contribution in [0.1, 0.15) is 35.2 Å². The Hall–Kier alpha value is -2.66. The van der Waals surface area contributed by atoms with Gasteiger partial charge in [-0.05, 0) is 35.7 Å². The van der Waals surface area contributed by atoms with E-state index in [0.29, 0.717) is 17.7 Å². The van der Waals surface area contributed by atoms with E-state index < -0.39 is 5.91 Å². The number of rotatable bonds is 5. The number of benzene rings is 2. The highest BCUT2D eigenvalue weighted by Crippen LogP contribution is 2.19. The van der Waals surface area contributed by atoms with Gasteiger partial charge in [-0.1, -0.05) is 37.3 Å². The van der Waals surface area contributed by atoms with Gasteiger partial charge in [-0.2, -0.15) is 0 Å². The Morgan fingerprint density at radius 1 is 1.05 bits per heavy atom. The van der Waals surface area contributed by atoms with Crippen molar-refractivity contribution in [1.82, 2.24) is 5.48 Å². The highest BCUT2D eigenvalue weighted by molar-refractivity contribution is 5.95. The van der Waals surface area contributed by atoms with E-state index in [9.17, 15) is 9.59 Å². The summed E-state index contributed by atoms with van der Waals surface area (Å²) < 4.78 is 0. The quantitative estimate of drug-likeness (QED) is 0.586. The zero-order chi connectivity index (χ0) is 15.9. The molecule has 1 unspecified atom stereocenters. The van der Waals surface area contributed by atoms with Gasteiger partial charge in [0.1, 0.15) is 0 Å². The first-order chi connectivity index (χ1) is 10.6. The molecule has 1 atom stereocenters. The van der Waals surface area contributed by atoms with Gasteiger partial charge in [0.25, 0.3) is 5.91 Å². The van der Waals surface area contributed by atoms with Crippen LogP contribution in [0.3, 0.4) is 0 Å². The van der Waals surface area contributed by atoms with Crippen molar-refractivity contribution in [1.29, 1.82) is 0 Å². The molecule has 2 aromatic rings. The number of carbonyl (C=O) groups excluding carboxylic acids is 2. The molecule has 2 amide bonds. The average Bonchev–Trinajstić information content (AvgIpc) is 2.55. The molecule has 2 rings (SSSR count). The lowest BCUT2D eigenvalue weighted by Gasteiger charge is -2.12. The maximum Gasteiger partial charge on any atom is 0.274 e. The van der Waals surface area contributed by atoms with Crippen molar-refractivity contribution in [3.8, 4) is 0 Å². The predicted molar refractivity (Wildman–Crippen MR) is 83.8 cm³/mol. The molecule has 0 saturated carbocycles. The lowest BCUT2D eigenvalue weighted by molar-refractivity contribution is -0.116. The summed E-state index contributed by atoms with van der Waals surface area (Å²) in [5, 5.41) is 11.3. The number of hydroxylamine groups is 1. The van der Waals surface area contributed by atoms with Crippen LogP contribution in [0.25, 0.3) is 0 Å². The minimum atomic E-state index is -0.587. The summed E-state index contributed by atoms with van der Waals surface area (Å²) >= 11 is 0. The molecule has 5 nitrogen and oxygen atoms in total. The van der Waals surface area contributed by atoms with Crippen LogP contribution in [0.15, 0.2) is 54.6 Å². The van der Waals surface area contributed by atoms with Crippen molar-refractivity contribution < 1.29 is 14.8 Å². The molecule has 2 aromatic carbocycles. The molecule has 3 N–H and O–H groups in total. The maximum absolute atomic E-state index is 12.0. The Morgan fingerprint density at radius 2 is 1.68 bits per heavy atom. The van der Waals surface area contributed by atoms with Crippen molar-refractivity contribution in [3.63, 3.8) is 0 Å². The zero-order valence-corrected chi connectivity index (χ0v) is 12.2. The van der Waals surface area contributed by atoms with Gasteiger partial charge in [0.05, 0.1) is 0 Å². The monoisotopic (exact) mass is 298 g/mol. The number of hydrogen-bond donors (Lipinski definition) is 3. The van der Waals surface area contributed by atoms with E-state index in [0.717, 1.165) is 5.56 Å². The van der Waals surface area contributed by atoms with Gasteiger partial charge in [-0.25, -0.2) is 5.48 Å². The van der Waals surface area contributed by atoms with E-state index >= 15 is 0 Å². The lowest BCUT2D eigenvalue weighted by atomic mass is 9.97. The van der Waals surface area contributed by atoms with Gasteiger partial charge in [0.15, 0.2) is 0 Å². The largest absolute Gasteiger partial charge is 0.326 e. The number of anilines is 1. The molecule has 0 aliphatic carbocycles. The second-order valence-electron chi connectivity index (χ2n) is 5.08. The van der Waals surface area contributed by atoms with Crippen LogP contribution < -0.4 is 10.8 Å². The summed E-state index contributed by atoms with van der Waals surface area (Å²) in [5.74, 6) is -0.549. The van der Waals surface area contributed by atoms with E-state index in [1.165, 1.54) is 12.1 Å². The van der Waals surface area contributed by atoms with Crippen LogP contribution in [0.2, 0.25) is 0 Å². The van der Waals surface area contributed by atoms with Crippen LogP contribution >= 0.6 is 0 Å². The number of amides is 2. The Bertz CT molecular complexity index is 639. The van der Waals surface area contributed by atoms with Crippen molar-refractivity contribution >= 4 is 17.5 Å². The first kappa shape index (κ1) is 15.7. The van der Waals surface area contributed by atoms with Gasteiger partial charge in [-0.3, -0.25) is 14.8 Å². The van der Waals surface area contributed by atoms with Gasteiger partial charge in [0.2, 0.25) is 5.91 Å². The summed E-state index contributed by atoms with van der Waals surface area (Å²) in [5.41, 5.74) is 3.61. The average molecular weight is 298 g/mol. The number of hydrogen-bond acceptors (Lipinski definition) is 3. The van der Waals surface area contributed by atoms with Crippen LogP contribution in [-0.4, -0.2) is 17.0 Å². The van der Waals surface area contributed by atoms with E-state index in [1.54, 1.807) is 17.6 Å².